The van der Waals surface area contributed by atoms with Crippen molar-refractivity contribution in [2.75, 3.05) is 0 Å². The number of carbonyl (C=O) groups is 2. The normalized spacial score (nSPS) is 17.0. The number of halogens is 1. The van der Waals surface area contributed by atoms with Gasteiger partial charge >= 0.3 is 5.97 Å². The van der Waals surface area contributed by atoms with E-state index in [0.717, 1.165) is 6.42 Å². The van der Waals surface area contributed by atoms with Crippen LogP contribution < -0.4 is 5.32 Å². The number of aliphatic carboxylic acids is 1. The Kier molecular flexibility index (Phi) is 2.83. The van der Waals surface area contributed by atoms with Crippen molar-refractivity contribution >= 4 is 11.9 Å². The SMILES string of the molecule is O=C(NC1(C(=O)O)CCC1)c1ccc(F)cc1. The predicted octanol–water partition coefficient (Wildman–Crippen LogP) is 1.56. The van der Waals surface area contributed by atoms with Crippen LogP contribution in [0.3, 0.4) is 0 Å². The van der Waals surface area contributed by atoms with Crippen LogP contribution in [0.5, 0.6) is 0 Å². The minimum Gasteiger partial charge on any atom is -0.480 e. The van der Waals surface area contributed by atoms with E-state index in [9.17, 15) is 14.0 Å². The van der Waals surface area contributed by atoms with Gasteiger partial charge in [0.05, 0.1) is 0 Å². The van der Waals surface area contributed by atoms with Crippen LogP contribution in [0, 0.1) is 5.82 Å². The van der Waals surface area contributed by atoms with Crippen molar-refractivity contribution in [1.82, 2.24) is 5.32 Å². The Morgan fingerprint density at radius 2 is 1.82 bits per heavy atom. The summed E-state index contributed by atoms with van der Waals surface area (Å²) in [5.41, 5.74) is -0.871. The molecule has 0 bridgehead atoms. The topological polar surface area (TPSA) is 66.4 Å². The van der Waals surface area contributed by atoms with E-state index in [2.05, 4.69) is 5.32 Å². The Morgan fingerprint density at radius 3 is 2.24 bits per heavy atom. The molecule has 0 heterocycles. The Hall–Kier alpha value is -1.91. The molecule has 2 rings (SSSR count). The third kappa shape index (κ3) is 2.13. The number of carboxylic acid groups (broad SMARTS) is 1. The first-order chi connectivity index (χ1) is 8.03. The molecule has 1 aliphatic rings. The minimum atomic E-state index is -1.13. The molecule has 0 unspecified atom stereocenters. The lowest BCUT2D eigenvalue weighted by Crippen LogP contribution is -2.59. The van der Waals surface area contributed by atoms with Gasteiger partial charge in [0, 0.05) is 5.56 Å². The highest BCUT2D eigenvalue weighted by Crippen LogP contribution is 2.32. The summed E-state index contributed by atoms with van der Waals surface area (Å²) in [4.78, 5) is 22.8. The maximum absolute atomic E-state index is 12.7. The van der Waals surface area contributed by atoms with Crippen LogP contribution >= 0.6 is 0 Å². The van der Waals surface area contributed by atoms with Gasteiger partial charge in [0.15, 0.2) is 0 Å². The minimum absolute atomic E-state index is 0.263. The Balaban J connectivity index is 2.11. The van der Waals surface area contributed by atoms with Gasteiger partial charge in [-0.05, 0) is 43.5 Å². The number of hydrogen-bond donors (Lipinski definition) is 2. The van der Waals surface area contributed by atoms with Crippen LogP contribution in [0.25, 0.3) is 0 Å². The largest absolute Gasteiger partial charge is 0.480 e. The van der Waals surface area contributed by atoms with Crippen molar-refractivity contribution in [3.8, 4) is 0 Å². The van der Waals surface area contributed by atoms with Crippen molar-refractivity contribution in [3.63, 3.8) is 0 Å². The van der Waals surface area contributed by atoms with Gasteiger partial charge in [-0.25, -0.2) is 9.18 Å². The summed E-state index contributed by atoms with van der Waals surface area (Å²) in [7, 11) is 0. The molecule has 90 valence electrons. The van der Waals surface area contributed by atoms with Gasteiger partial charge in [-0.3, -0.25) is 4.79 Å². The van der Waals surface area contributed by atoms with E-state index in [1.807, 2.05) is 0 Å². The van der Waals surface area contributed by atoms with E-state index in [1.165, 1.54) is 24.3 Å². The van der Waals surface area contributed by atoms with E-state index in [1.54, 1.807) is 0 Å². The number of amides is 1. The predicted molar refractivity (Wildman–Crippen MR) is 58.1 cm³/mol. The number of benzene rings is 1. The van der Waals surface area contributed by atoms with Crippen LogP contribution in [0.4, 0.5) is 4.39 Å². The molecule has 2 N–H and O–H groups in total. The number of carboxylic acids is 1. The summed E-state index contributed by atoms with van der Waals surface area (Å²) in [5.74, 6) is -1.93. The van der Waals surface area contributed by atoms with Crippen LogP contribution in [-0.2, 0) is 4.79 Å². The van der Waals surface area contributed by atoms with E-state index < -0.39 is 23.2 Å². The molecule has 1 fully saturated rings. The lowest BCUT2D eigenvalue weighted by atomic mass is 9.76. The molecule has 0 aromatic heterocycles. The number of hydrogen-bond acceptors (Lipinski definition) is 2. The molecule has 1 aromatic rings. The standard InChI is InChI=1S/C12H12FNO3/c13-9-4-2-8(3-5-9)10(15)14-12(11(16)17)6-1-7-12/h2-5H,1,6-7H2,(H,14,15)(H,16,17). The van der Waals surface area contributed by atoms with E-state index in [-0.39, 0.29) is 5.56 Å². The first kappa shape index (κ1) is 11.6. The zero-order valence-electron chi connectivity index (χ0n) is 9.07. The Bertz CT molecular complexity index is 451. The van der Waals surface area contributed by atoms with Gasteiger partial charge in [-0.15, -0.1) is 0 Å². The fourth-order valence-corrected chi connectivity index (χ4v) is 1.81. The molecule has 0 aliphatic heterocycles. The summed E-state index contributed by atoms with van der Waals surface area (Å²) in [6.07, 6.45) is 1.67. The van der Waals surface area contributed by atoms with Gasteiger partial charge in [0.2, 0.25) is 0 Å². The molecule has 0 atom stereocenters. The fraction of sp³-hybridized carbons (Fsp3) is 0.333. The zero-order chi connectivity index (χ0) is 12.5. The lowest BCUT2D eigenvalue weighted by Gasteiger charge is -2.38. The van der Waals surface area contributed by atoms with Crippen LogP contribution in [0.1, 0.15) is 29.6 Å². The second-order valence-corrected chi connectivity index (χ2v) is 4.20. The highest BCUT2D eigenvalue weighted by atomic mass is 19.1. The number of carbonyl (C=O) groups excluding carboxylic acids is 1. The molecule has 0 saturated heterocycles. The van der Waals surface area contributed by atoms with Gasteiger partial charge in [0.1, 0.15) is 11.4 Å². The molecule has 17 heavy (non-hydrogen) atoms. The third-order valence-corrected chi connectivity index (χ3v) is 3.08. The molecular weight excluding hydrogens is 225 g/mol. The van der Waals surface area contributed by atoms with Crippen molar-refractivity contribution in [2.24, 2.45) is 0 Å². The van der Waals surface area contributed by atoms with Crippen molar-refractivity contribution in [1.29, 1.82) is 0 Å². The van der Waals surface area contributed by atoms with Crippen molar-refractivity contribution in [3.05, 3.63) is 35.6 Å². The van der Waals surface area contributed by atoms with E-state index in [4.69, 9.17) is 5.11 Å². The van der Waals surface area contributed by atoms with Gasteiger partial charge in [-0.2, -0.15) is 0 Å². The van der Waals surface area contributed by atoms with Crippen molar-refractivity contribution in [2.45, 2.75) is 24.8 Å². The monoisotopic (exact) mass is 237 g/mol. The average Bonchev–Trinajstić information content (AvgIpc) is 2.23. The molecule has 1 aliphatic carbocycles. The molecule has 5 heteroatoms. The van der Waals surface area contributed by atoms with Gasteiger partial charge < -0.3 is 10.4 Å². The molecular formula is C12H12FNO3. The molecule has 4 nitrogen and oxygen atoms in total. The zero-order valence-corrected chi connectivity index (χ0v) is 9.07. The highest BCUT2D eigenvalue weighted by Gasteiger charge is 2.45. The van der Waals surface area contributed by atoms with E-state index in [0.29, 0.717) is 12.8 Å². The Labute approximate surface area is 97.4 Å². The van der Waals surface area contributed by atoms with E-state index >= 15 is 0 Å². The Morgan fingerprint density at radius 1 is 1.24 bits per heavy atom. The fourth-order valence-electron chi connectivity index (χ4n) is 1.81. The molecule has 1 amide bonds. The first-order valence-corrected chi connectivity index (χ1v) is 5.35. The first-order valence-electron chi connectivity index (χ1n) is 5.35. The second kappa shape index (κ2) is 4.16. The van der Waals surface area contributed by atoms with Crippen molar-refractivity contribution < 1.29 is 19.1 Å². The molecule has 1 aromatic carbocycles. The quantitative estimate of drug-likeness (QED) is 0.838. The summed E-state index contributed by atoms with van der Waals surface area (Å²) in [6, 6.07) is 5.00. The summed E-state index contributed by atoms with van der Waals surface area (Å²) in [5, 5.41) is 11.6. The second-order valence-electron chi connectivity index (χ2n) is 4.20. The number of nitrogens with one attached hydrogen (secondary N) is 1. The summed E-state index contributed by atoms with van der Waals surface area (Å²) >= 11 is 0. The summed E-state index contributed by atoms with van der Waals surface area (Å²) in [6.45, 7) is 0. The third-order valence-electron chi connectivity index (χ3n) is 3.08. The maximum atomic E-state index is 12.7. The molecule has 0 spiro atoms. The lowest BCUT2D eigenvalue weighted by molar-refractivity contribution is -0.148. The maximum Gasteiger partial charge on any atom is 0.329 e. The summed E-state index contributed by atoms with van der Waals surface area (Å²) < 4.78 is 12.7. The average molecular weight is 237 g/mol. The smallest absolute Gasteiger partial charge is 0.329 e. The van der Waals surface area contributed by atoms with Crippen LogP contribution in [0.15, 0.2) is 24.3 Å². The van der Waals surface area contributed by atoms with Crippen LogP contribution in [-0.4, -0.2) is 22.5 Å². The number of rotatable bonds is 3. The van der Waals surface area contributed by atoms with Gasteiger partial charge in [0.25, 0.3) is 5.91 Å². The van der Waals surface area contributed by atoms with Gasteiger partial charge in [-0.1, -0.05) is 0 Å². The molecule has 0 radical (unpaired) electrons. The van der Waals surface area contributed by atoms with Crippen LogP contribution in [0.2, 0.25) is 0 Å². The molecule has 1 saturated carbocycles. The highest BCUT2D eigenvalue weighted by molar-refractivity contribution is 5.98.